The van der Waals surface area contributed by atoms with Crippen LogP contribution in [0.25, 0.3) is 106 Å². The van der Waals surface area contributed by atoms with Crippen LogP contribution < -0.4 is 0 Å². The second-order valence-electron chi connectivity index (χ2n) is 14.0. The van der Waals surface area contributed by atoms with Crippen LogP contribution in [0.2, 0.25) is 0 Å². The molecule has 0 aliphatic rings. The molecule has 0 fully saturated rings. The molecule has 11 aromatic rings. The largest absolute Gasteiger partial charge is 0.456 e. The van der Waals surface area contributed by atoms with Crippen molar-refractivity contribution in [1.82, 2.24) is 19.5 Å². The van der Waals surface area contributed by atoms with Crippen LogP contribution in [0.1, 0.15) is 0 Å². The number of benzene rings is 8. The van der Waals surface area contributed by atoms with Crippen LogP contribution in [-0.4, -0.2) is 19.5 Å². The van der Waals surface area contributed by atoms with E-state index in [2.05, 4.69) is 120 Å². The Morgan fingerprint density at radius 2 is 0.839 bits per heavy atom. The molecular weight excluding hydrogens is 685 g/mol. The number of rotatable bonds is 6. The van der Waals surface area contributed by atoms with Crippen LogP contribution in [-0.2, 0) is 0 Å². The molecule has 262 valence electrons. The molecule has 0 aliphatic heterocycles. The molecule has 0 spiro atoms. The normalized spacial score (nSPS) is 11.6. The van der Waals surface area contributed by atoms with Crippen LogP contribution in [0.5, 0.6) is 0 Å². The molecule has 0 unspecified atom stereocenters. The summed E-state index contributed by atoms with van der Waals surface area (Å²) in [6, 6.07) is 67.6. The fourth-order valence-corrected chi connectivity index (χ4v) is 7.99. The highest BCUT2D eigenvalue weighted by molar-refractivity contribution is 6.11. The molecule has 5 heteroatoms. The summed E-state index contributed by atoms with van der Waals surface area (Å²) >= 11 is 0. The average Bonchev–Trinajstić information content (AvgIpc) is 3.82. The maximum absolute atomic E-state index is 6.12. The van der Waals surface area contributed by atoms with Gasteiger partial charge in [-0.2, -0.15) is 0 Å². The Hall–Kier alpha value is -7.63. The molecule has 0 bridgehead atoms. The molecule has 0 N–H and O–H groups in total. The van der Waals surface area contributed by atoms with Gasteiger partial charge in [0.2, 0.25) is 0 Å². The smallest absolute Gasteiger partial charge is 0.164 e. The molecule has 0 amide bonds. The van der Waals surface area contributed by atoms with Gasteiger partial charge in [-0.3, -0.25) is 0 Å². The molecule has 56 heavy (non-hydrogen) atoms. The van der Waals surface area contributed by atoms with Gasteiger partial charge in [0, 0.05) is 43.9 Å². The first-order chi connectivity index (χ1) is 27.7. The SMILES string of the molecule is c1ccc(-c2nc(-c3ccccc3)nc(-c3ccccc3-c3ccc(-n4c5ccccc5c5cc(-c6ccc7oc8ccccc8c7c6)ccc54)cc3)n2)cc1. The van der Waals surface area contributed by atoms with E-state index < -0.39 is 0 Å². The first kappa shape index (κ1) is 31.9. The van der Waals surface area contributed by atoms with Crippen molar-refractivity contribution >= 4 is 43.7 Å². The van der Waals surface area contributed by atoms with Crippen molar-refractivity contribution in [3.05, 3.63) is 194 Å². The van der Waals surface area contributed by atoms with Crippen LogP contribution >= 0.6 is 0 Å². The zero-order valence-electron chi connectivity index (χ0n) is 30.2. The van der Waals surface area contributed by atoms with E-state index in [4.69, 9.17) is 19.4 Å². The van der Waals surface area contributed by atoms with Crippen molar-refractivity contribution in [2.75, 3.05) is 0 Å². The maximum Gasteiger partial charge on any atom is 0.164 e. The zero-order valence-corrected chi connectivity index (χ0v) is 30.2. The fourth-order valence-electron chi connectivity index (χ4n) is 7.99. The quantitative estimate of drug-likeness (QED) is 0.172. The van der Waals surface area contributed by atoms with Crippen LogP contribution in [0.15, 0.2) is 199 Å². The molecule has 0 saturated carbocycles. The lowest BCUT2D eigenvalue weighted by atomic mass is 9.98. The van der Waals surface area contributed by atoms with E-state index in [1.807, 2.05) is 78.9 Å². The van der Waals surface area contributed by atoms with Gasteiger partial charge in [-0.05, 0) is 70.8 Å². The number of aromatic nitrogens is 4. The van der Waals surface area contributed by atoms with E-state index in [1.54, 1.807) is 0 Å². The number of nitrogens with zero attached hydrogens (tertiary/aromatic N) is 4. The molecule has 0 radical (unpaired) electrons. The minimum absolute atomic E-state index is 0.635. The van der Waals surface area contributed by atoms with E-state index in [9.17, 15) is 0 Å². The van der Waals surface area contributed by atoms with Crippen molar-refractivity contribution in [2.45, 2.75) is 0 Å². The van der Waals surface area contributed by atoms with Crippen molar-refractivity contribution < 1.29 is 4.42 Å². The Balaban J connectivity index is 0.999. The number of hydrogen-bond acceptors (Lipinski definition) is 4. The highest BCUT2D eigenvalue weighted by Crippen LogP contribution is 2.38. The minimum atomic E-state index is 0.635. The topological polar surface area (TPSA) is 56.7 Å². The summed E-state index contributed by atoms with van der Waals surface area (Å²) in [7, 11) is 0. The lowest BCUT2D eigenvalue weighted by molar-refractivity contribution is 0.669. The van der Waals surface area contributed by atoms with Gasteiger partial charge in [0.15, 0.2) is 17.5 Å². The third kappa shape index (κ3) is 5.37. The Morgan fingerprint density at radius 3 is 1.57 bits per heavy atom. The Morgan fingerprint density at radius 1 is 0.321 bits per heavy atom. The summed E-state index contributed by atoms with van der Waals surface area (Å²) in [5.74, 6) is 1.92. The molecular formula is C51H32N4O. The summed E-state index contributed by atoms with van der Waals surface area (Å²) in [6.07, 6.45) is 0. The third-order valence-electron chi connectivity index (χ3n) is 10.7. The van der Waals surface area contributed by atoms with Gasteiger partial charge in [-0.25, -0.2) is 15.0 Å². The summed E-state index contributed by atoms with van der Waals surface area (Å²) in [5.41, 5.74) is 12.5. The van der Waals surface area contributed by atoms with Crippen molar-refractivity contribution in [3.8, 4) is 62.1 Å². The molecule has 0 saturated heterocycles. The molecule has 5 nitrogen and oxygen atoms in total. The van der Waals surface area contributed by atoms with E-state index in [0.717, 1.165) is 72.0 Å². The predicted molar refractivity (Wildman–Crippen MR) is 229 cm³/mol. The number of furan rings is 1. The van der Waals surface area contributed by atoms with Gasteiger partial charge in [0.05, 0.1) is 11.0 Å². The van der Waals surface area contributed by atoms with E-state index >= 15 is 0 Å². The molecule has 3 heterocycles. The third-order valence-corrected chi connectivity index (χ3v) is 10.7. The van der Waals surface area contributed by atoms with E-state index in [0.29, 0.717) is 17.5 Å². The summed E-state index contributed by atoms with van der Waals surface area (Å²) in [4.78, 5) is 15.0. The molecule has 0 aliphatic carbocycles. The molecule has 3 aromatic heterocycles. The Kier molecular flexibility index (Phi) is 7.42. The van der Waals surface area contributed by atoms with Gasteiger partial charge in [0.25, 0.3) is 0 Å². The lowest BCUT2D eigenvalue weighted by Crippen LogP contribution is -2.01. The Bertz CT molecular complexity index is 3180. The van der Waals surface area contributed by atoms with Crippen molar-refractivity contribution in [3.63, 3.8) is 0 Å². The minimum Gasteiger partial charge on any atom is -0.456 e. The van der Waals surface area contributed by atoms with Crippen LogP contribution in [0.3, 0.4) is 0 Å². The van der Waals surface area contributed by atoms with Crippen LogP contribution in [0, 0.1) is 0 Å². The average molecular weight is 717 g/mol. The Labute approximate surface area is 322 Å². The second kappa shape index (κ2) is 13.0. The van der Waals surface area contributed by atoms with E-state index in [-0.39, 0.29) is 0 Å². The number of fused-ring (bicyclic) bond motifs is 6. The van der Waals surface area contributed by atoms with Crippen molar-refractivity contribution in [1.29, 1.82) is 0 Å². The summed E-state index contributed by atoms with van der Waals surface area (Å²) < 4.78 is 8.48. The summed E-state index contributed by atoms with van der Waals surface area (Å²) in [6.45, 7) is 0. The highest BCUT2D eigenvalue weighted by Gasteiger charge is 2.18. The number of hydrogen-bond donors (Lipinski definition) is 0. The van der Waals surface area contributed by atoms with Gasteiger partial charge < -0.3 is 8.98 Å². The maximum atomic E-state index is 6.12. The molecule has 0 atom stereocenters. The monoisotopic (exact) mass is 716 g/mol. The van der Waals surface area contributed by atoms with Crippen molar-refractivity contribution in [2.24, 2.45) is 0 Å². The molecule has 8 aromatic carbocycles. The predicted octanol–water partition coefficient (Wildman–Crippen LogP) is 13.2. The highest BCUT2D eigenvalue weighted by atomic mass is 16.3. The van der Waals surface area contributed by atoms with Gasteiger partial charge in [-0.15, -0.1) is 0 Å². The first-order valence-electron chi connectivity index (χ1n) is 18.8. The van der Waals surface area contributed by atoms with Crippen LogP contribution in [0.4, 0.5) is 0 Å². The second-order valence-corrected chi connectivity index (χ2v) is 14.0. The lowest BCUT2D eigenvalue weighted by Gasteiger charge is -2.13. The summed E-state index contributed by atoms with van der Waals surface area (Å²) in [5, 5.41) is 4.69. The van der Waals surface area contributed by atoms with Gasteiger partial charge in [-0.1, -0.05) is 146 Å². The van der Waals surface area contributed by atoms with Gasteiger partial charge in [0.1, 0.15) is 11.2 Å². The zero-order chi connectivity index (χ0) is 37.0. The van der Waals surface area contributed by atoms with E-state index in [1.165, 1.54) is 16.3 Å². The fraction of sp³-hybridized carbons (Fsp3) is 0. The standard InChI is InChI=1S/C51H32N4O/c1-3-13-34(14-4-1)49-52-50(35-15-5-2-6-16-35)54-51(53-49)42-20-8-7-17-39(42)33-23-27-38(28-24-33)55-45-21-11-9-18-40(45)43-31-36(25-29-46(43)55)37-26-30-48-44(32-37)41-19-10-12-22-47(41)56-48/h1-32H. The first-order valence-corrected chi connectivity index (χ1v) is 18.8. The number of para-hydroxylation sites is 2. The molecule has 11 rings (SSSR count). The van der Waals surface area contributed by atoms with Gasteiger partial charge >= 0.3 is 0 Å².